The third kappa shape index (κ3) is 4.97. The Hall–Kier alpha value is -3.67. The summed E-state index contributed by atoms with van der Waals surface area (Å²) in [5.74, 6) is -0.169. The molecule has 6 heteroatoms. The van der Waals surface area contributed by atoms with Crippen molar-refractivity contribution in [2.24, 2.45) is 0 Å². The van der Waals surface area contributed by atoms with Gasteiger partial charge in [-0.25, -0.2) is 4.98 Å². The van der Waals surface area contributed by atoms with E-state index in [9.17, 15) is 9.59 Å². The van der Waals surface area contributed by atoms with Crippen molar-refractivity contribution in [3.63, 3.8) is 0 Å². The Bertz CT molecular complexity index is 1250. The molecule has 0 saturated carbocycles. The minimum atomic E-state index is -0.150. The second-order valence-electron chi connectivity index (χ2n) is 8.03. The van der Waals surface area contributed by atoms with Crippen molar-refractivity contribution in [3.8, 4) is 0 Å². The summed E-state index contributed by atoms with van der Waals surface area (Å²) in [6.45, 7) is 3.22. The first-order valence-corrected chi connectivity index (χ1v) is 11.1. The average molecular weight is 429 g/mol. The fourth-order valence-corrected chi connectivity index (χ4v) is 3.89. The fraction of sp³-hybridized carbons (Fsp3) is 0.269. The lowest BCUT2D eigenvalue weighted by Gasteiger charge is -2.08. The van der Waals surface area contributed by atoms with E-state index in [1.54, 1.807) is 6.20 Å². The standard InChI is InChI=1S/C26H28N4O2/c1-18-10-4-5-11-19(18)25(31)27-14-8-2-3-9-15-28-26(32)23-16-21-20-12-6-7-13-22(20)30-24(21)17-29-23/h4-7,10-13,16-17,30H,2-3,8-9,14-15H2,1H3,(H,27,31)(H,28,32). The number of hydrogen-bond acceptors (Lipinski definition) is 3. The van der Waals surface area contributed by atoms with E-state index in [0.717, 1.165) is 58.6 Å². The summed E-state index contributed by atoms with van der Waals surface area (Å²) in [4.78, 5) is 32.3. The smallest absolute Gasteiger partial charge is 0.269 e. The molecule has 32 heavy (non-hydrogen) atoms. The van der Waals surface area contributed by atoms with E-state index in [0.29, 0.717) is 18.8 Å². The number of carbonyl (C=O) groups is 2. The number of rotatable bonds is 9. The van der Waals surface area contributed by atoms with Gasteiger partial charge in [-0.05, 0) is 43.5 Å². The molecule has 0 bridgehead atoms. The van der Waals surface area contributed by atoms with Crippen LogP contribution < -0.4 is 10.6 Å². The van der Waals surface area contributed by atoms with Crippen LogP contribution in [0, 0.1) is 6.92 Å². The zero-order valence-corrected chi connectivity index (χ0v) is 18.3. The number of amides is 2. The van der Waals surface area contributed by atoms with Crippen LogP contribution in [0.15, 0.2) is 60.8 Å². The summed E-state index contributed by atoms with van der Waals surface area (Å²) < 4.78 is 0. The van der Waals surface area contributed by atoms with Crippen LogP contribution in [-0.2, 0) is 0 Å². The molecule has 0 spiro atoms. The summed E-state index contributed by atoms with van der Waals surface area (Å²) in [7, 11) is 0. The molecule has 0 aliphatic rings. The molecule has 0 aliphatic heterocycles. The molecule has 0 radical (unpaired) electrons. The number of carbonyl (C=O) groups excluding carboxylic acids is 2. The number of benzene rings is 2. The first-order chi connectivity index (χ1) is 15.6. The molecule has 0 saturated heterocycles. The van der Waals surface area contributed by atoms with Gasteiger partial charge in [-0.15, -0.1) is 0 Å². The second kappa shape index (κ2) is 10.1. The topological polar surface area (TPSA) is 86.9 Å². The van der Waals surface area contributed by atoms with Crippen molar-refractivity contribution in [3.05, 3.63) is 77.6 Å². The molecule has 0 fully saturated rings. The number of fused-ring (bicyclic) bond motifs is 3. The number of aromatic nitrogens is 2. The number of hydrogen-bond donors (Lipinski definition) is 3. The van der Waals surface area contributed by atoms with Crippen molar-refractivity contribution in [2.75, 3.05) is 13.1 Å². The molecule has 3 N–H and O–H groups in total. The van der Waals surface area contributed by atoms with Gasteiger partial charge in [-0.3, -0.25) is 9.59 Å². The Kier molecular flexibility index (Phi) is 6.80. The maximum atomic E-state index is 12.5. The van der Waals surface area contributed by atoms with Gasteiger partial charge < -0.3 is 15.6 Å². The Morgan fingerprint density at radius 3 is 2.28 bits per heavy atom. The highest BCUT2D eigenvalue weighted by Gasteiger charge is 2.11. The van der Waals surface area contributed by atoms with Crippen LogP contribution in [0.25, 0.3) is 21.8 Å². The molecule has 0 aliphatic carbocycles. The monoisotopic (exact) mass is 428 g/mol. The van der Waals surface area contributed by atoms with Crippen LogP contribution in [-0.4, -0.2) is 34.9 Å². The van der Waals surface area contributed by atoms with Gasteiger partial charge in [0.15, 0.2) is 0 Å². The van der Waals surface area contributed by atoms with Gasteiger partial charge in [-0.2, -0.15) is 0 Å². The Balaban J connectivity index is 1.16. The lowest BCUT2D eigenvalue weighted by atomic mass is 10.1. The van der Waals surface area contributed by atoms with E-state index in [-0.39, 0.29) is 11.8 Å². The van der Waals surface area contributed by atoms with Crippen LogP contribution in [0.1, 0.15) is 52.1 Å². The second-order valence-corrected chi connectivity index (χ2v) is 8.03. The van der Waals surface area contributed by atoms with E-state index < -0.39 is 0 Å². The number of aromatic amines is 1. The normalized spacial score (nSPS) is 11.0. The molecule has 0 unspecified atom stereocenters. The summed E-state index contributed by atoms with van der Waals surface area (Å²) >= 11 is 0. The van der Waals surface area contributed by atoms with E-state index in [2.05, 4.69) is 20.6 Å². The van der Waals surface area contributed by atoms with Crippen molar-refractivity contribution < 1.29 is 9.59 Å². The number of unbranched alkanes of at least 4 members (excludes halogenated alkanes) is 3. The van der Waals surface area contributed by atoms with Gasteiger partial charge in [0.05, 0.1) is 11.7 Å². The predicted octanol–water partition coefficient (Wildman–Crippen LogP) is 4.74. The highest BCUT2D eigenvalue weighted by atomic mass is 16.2. The molecule has 2 amide bonds. The van der Waals surface area contributed by atoms with Crippen LogP contribution in [0.2, 0.25) is 0 Å². The highest BCUT2D eigenvalue weighted by molar-refractivity contribution is 6.09. The van der Waals surface area contributed by atoms with Crippen LogP contribution in [0.5, 0.6) is 0 Å². The molecule has 4 aromatic rings. The van der Waals surface area contributed by atoms with Gasteiger partial charge >= 0.3 is 0 Å². The third-order valence-electron chi connectivity index (χ3n) is 5.69. The number of pyridine rings is 1. The number of nitrogens with zero attached hydrogens (tertiary/aromatic N) is 1. The fourth-order valence-electron chi connectivity index (χ4n) is 3.89. The first kappa shape index (κ1) is 21.6. The van der Waals surface area contributed by atoms with Crippen molar-refractivity contribution in [1.82, 2.24) is 20.6 Å². The van der Waals surface area contributed by atoms with Crippen molar-refractivity contribution in [1.29, 1.82) is 0 Å². The molecular formula is C26H28N4O2. The Morgan fingerprint density at radius 2 is 1.50 bits per heavy atom. The summed E-state index contributed by atoms with van der Waals surface area (Å²) in [5, 5.41) is 8.03. The number of para-hydroxylation sites is 1. The zero-order valence-electron chi connectivity index (χ0n) is 18.3. The third-order valence-corrected chi connectivity index (χ3v) is 5.69. The lowest BCUT2D eigenvalue weighted by Crippen LogP contribution is -2.26. The van der Waals surface area contributed by atoms with E-state index >= 15 is 0 Å². The molecule has 2 aromatic carbocycles. The minimum Gasteiger partial charge on any atom is -0.353 e. The van der Waals surface area contributed by atoms with E-state index in [1.807, 2.05) is 61.5 Å². The van der Waals surface area contributed by atoms with Gasteiger partial charge in [0, 0.05) is 34.9 Å². The summed E-state index contributed by atoms with van der Waals surface area (Å²) in [5.41, 5.74) is 4.11. The molecule has 2 aromatic heterocycles. The molecule has 0 atom stereocenters. The SMILES string of the molecule is Cc1ccccc1C(=O)NCCCCCCNC(=O)c1cc2c(cn1)[nH]c1ccccc12. The largest absolute Gasteiger partial charge is 0.353 e. The van der Waals surface area contributed by atoms with Gasteiger partial charge in [0.2, 0.25) is 0 Å². The summed E-state index contributed by atoms with van der Waals surface area (Å²) in [6.07, 6.45) is 5.53. The maximum absolute atomic E-state index is 12.5. The number of H-pyrrole nitrogens is 1. The molecule has 4 rings (SSSR count). The minimum absolute atomic E-state index is 0.0185. The van der Waals surface area contributed by atoms with Crippen LogP contribution in [0.3, 0.4) is 0 Å². The van der Waals surface area contributed by atoms with Crippen LogP contribution in [0.4, 0.5) is 0 Å². The zero-order chi connectivity index (χ0) is 22.3. The lowest BCUT2D eigenvalue weighted by molar-refractivity contribution is 0.0940. The van der Waals surface area contributed by atoms with Crippen molar-refractivity contribution >= 4 is 33.6 Å². The Morgan fingerprint density at radius 1 is 0.812 bits per heavy atom. The van der Waals surface area contributed by atoms with Gasteiger partial charge in [0.1, 0.15) is 5.69 Å². The quantitative estimate of drug-likeness (QED) is 0.336. The predicted molar refractivity (Wildman–Crippen MR) is 128 cm³/mol. The maximum Gasteiger partial charge on any atom is 0.269 e. The first-order valence-electron chi connectivity index (χ1n) is 11.1. The molecular weight excluding hydrogens is 400 g/mol. The molecule has 2 heterocycles. The van der Waals surface area contributed by atoms with Crippen molar-refractivity contribution in [2.45, 2.75) is 32.6 Å². The highest BCUT2D eigenvalue weighted by Crippen LogP contribution is 2.24. The number of aryl methyl sites for hydroxylation is 1. The summed E-state index contributed by atoms with van der Waals surface area (Å²) in [6, 6.07) is 17.5. The molecule has 164 valence electrons. The molecule has 6 nitrogen and oxygen atoms in total. The van der Waals surface area contributed by atoms with Crippen LogP contribution >= 0.6 is 0 Å². The van der Waals surface area contributed by atoms with Gasteiger partial charge in [0.25, 0.3) is 11.8 Å². The van der Waals surface area contributed by atoms with Gasteiger partial charge in [-0.1, -0.05) is 49.2 Å². The average Bonchev–Trinajstić information content (AvgIpc) is 3.18. The number of nitrogens with one attached hydrogen (secondary N) is 3. The van der Waals surface area contributed by atoms with E-state index in [1.165, 1.54) is 0 Å². The van der Waals surface area contributed by atoms with E-state index in [4.69, 9.17) is 0 Å². The Labute approximate surface area is 187 Å².